The molecule has 0 fully saturated rings. The zero-order valence-corrected chi connectivity index (χ0v) is 18.9. The summed E-state index contributed by atoms with van der Waals surface area (Å²) in [6, 6.07) is 27.1. The van der Waals surface area contributed by atoms with Crippen molar-refractivity contribution in [1.29, 1.82) is 0 Å². The number of aryl methyl sites for hydroxylation is 1. The van der Waals surface area contributed by atoms with Gasteiger partial charge in [0.25, 0.3) is 5.91 Å². The maximum Gasteiger partial charge on any atom is 0.256 e. The molecule has 5 heteroatoms. The molecular formula is C26H23ClN2OS. The molecule has 3 aromatic carbocycles. The van der Waals surface area contributed by atoms with E-state index in [1.54, 1.807) is 11.3 Å². The number of hydrogen-bond donors (Lipinski definition) is 2. The summed E-state index contributed by atoms with van der Waals surface area (Å²) in [7, 11) is 0. The van der Waals surface area contributed by atoms with Crippen LogP contribution in [-0.4, -0.2) is 5.91 Å². The van der Waals surface area contributed by atoms with E-state index in [1.165, 1.54) is 4.88 Å². The molecule has 3 nitrogen and oxygen atoms in total. The molecule has 0 saturated heterocycles. The van der Waals surface area contributed by atoms with Crippen LogP contribution in [0.2, 0.25) is 5.02 Å². The van der Waals surface area contributed by atoms with Crippen molar-refractivity contribution in [3.05, 3.63) is 117 Å². The summed E-state index contributed by atoms with van der Waals surface area (Å²) >= 11 is 7.75. The molecule has 2 N–H and O–H groups in total. The average Bonchev–Trinajstić information content (AvgIpc) is 3.07. The van der Waals surface area contributed by atoms with Crippen molar-refractivity contribution in [3.8, 4) is 0 Å². The fourth-order valence-corrected chi connectivity index (χ4v) is 4.75. The van der Waals surface area contributed by atoms with Crippen molar-refractivity contribution in [2.75, 3.05) is 10.6 Å². The second-order valence-corrected chi connectivity index (χ2v) is 9.00. The first-order valence-corrected chi connectivity index (χ1v) is 11.3. The minimum atomic E-state index is -0.143. The van der Waals surface area contributed by atoms with Gasteiger partial charge in [-0.05, 0) is 61.4 Å². The topological polar surface area (TPSA) is 41.1 Å². The van der Waals surface area contributed by atoms with Gasteiger partial charge in [-0.15, -0.1) is 11.3 Å². The normalized spacial score (nSPS) is 11.7. The van der Waals surface area contributed by atoms with Gasteiger partial charge in [-0.25, -0.2) is 0 Å². The van der Waals surface area contributed by atoms with Gasteiger partial charge in [0.2, 0.25) is 0 Å². The zero-order valence-electron chi connectivity index (χ0n) is 17.4. The number of nitrogens with one attached hydrogen (secondary N) is 2. The highest BCUT2D eigenvalue weighted by molar-refractivity contribution is 7.16. The van der Waals surface area contributed by atoms with E-state index in [9.17, 15) is 4.79 Å². The van der Waals surface area contributed by atoms with Crippen molar-refractivity contribution in [1.82, 2.24) is 0 Å². The molecule has 0 saturated carbocycles. The van der Waals surface area contributed by atoms with Crippen LogP contribution in [-0.2, 0) is 0 Å². The minimum absolute atomic E-state index is 0.113. The number of thiophene rings is 1. The first kappa shape index (κ1) is 21.2. The van der Waals surface area contributed by atoms with Crippen LogP contribution in [0.1, 0.15) is 38.0 Å². The Morgan fingerprint density at radius 1 is 0.871 bits per heavy atom. The fourth-order valence-electron chi connectivity index (χ4n) is 3.53. The summed E-state index contributed by atoms with van der Waals surface area (Å²) < 4.78 is 0. The first-order valence-electron chi connectivity index (χ1n) is 10.1. The van der Waals surface area contributed by atoms with Crippen molar-refractivity contribution < 1.29 is 4.79 Å². The van der Waals surface area contributed by atoms with Crippen LogP contribution in [0.4, 0.5) is 10.7 Å². The van der Waals surface area contributed by atoms with Crippen molar-refractivity contribution in [2.24, 2.45) is 0 Å². The fraction of sp³-hybridized carbons (Fsp3) is 0.115. The molecule has 1 amide bonds. The minimum Gasteiger partial charge on any atom is -0.374 e. The Morgan fingerprint density at radius 3 is 2.13 bits per heavy atom. The monoisotopic (exact) mass is 446 g/mol. The van der Waals surface area contributed by atoms with E-state index < -0.39 is 0 Å². The number of anilines is 2. The summed E-state index contributed by atoms with van der Waals surface area (Å²) in [5.74, 6) is -0.113. The zero-order chi connectivity index (χ0) is 21.8. The average molecular weight is 447 g/mol. The van der Waals surface area contributed by atoms with E-state index in [0.717, 1.165) is 27.4 Å². The molecule has 1 aromatic heterocycles. The quantitative estimate of drug-likeness (QED) is 0.322. The summed E-state index contributed by atoms with van der Waals surface area (Å²) in [4.78, 5) is 14.1. The number of carbonyl (C=O) groups excluding carboxylic acids is 1. The Kier molecular flexibility index (Phi) is 6.40. The van der Waals surface area contributed by atoms with E-state index in [0.29, 0.717) is 10.6 Å². The van der Waals surface area contributed by atoms with Gasteiger partial charge in [0.1, 0.15) is 5.00 Å². The van der Waals surface area contributed by atoms with Gasteiger partial charge in [0, 0.05) is 26.7 Å². The van der Waals surface area contributed by atoms with Gasteiger partial charge in [0.15, 0.2) is 0 Å². The molecule has 0 bridgehead atoms. The van der Waals surface area contributed by atoms with Gasteiger partial charge >= 0.3 is 0 Å². The smallest absolute Gasteiger partial charge is 0.256 e. The molecule has 4 rings (SSSR count). The lowest BCUT2D eigenvalue weighted by atomic mass is 9.96. The number of rotatable bonds is 6. The second kappa shape index (κ2) is 9.38. The Labute approximate surface area is 191 Å². The summed E-state index contributed by atoms with van der Waals surface area (Å²) in [6.07, 6.45) is 0. The number of amides is 1. The van der Waals surface area contributed by atoms with Crippen LogP contribution < -0.4 is 10.6 Å². The standard InChI is InChI=1S/C26H23ClN2OS/c1-17-18(2)31-26(29-25(30)20-9-5-3-6-10-20)23(17)24(19-13-15-21(27)16-14-19)28-22-11-7-4-8-12-22/h3-16,24,28H,1-2H3,(H,29,30)/t24-/m0/s1. The van der Waals surface area contributed by atoms with E-state index in [-0.39, 0.29) is 11.9 Å². The molecule has 31 heavy (non-hydrogen) atoms. The van der Waals surface area contributed by atoms with Crippen molar-refractivity contribution in [2.45, 2.75) is 19.9 Å². The third-order valence-corrected chi connectivity index (χ3v) is 6.66. The van der Waals surface area contributed by atoms with E-state index in [2.05, 4.69) is 24.5 Å². The number of hydrogen-bond acceptors (Lipinski definition) is 3. The second-order valence-electron chi connectivity index (χ2n) is 7.34. The molecule has 0 aliphatic rings. The molecule has 0 unspecified atom stereocenters. The van der Waals surface area contributed by atoms with Crippen molar-refractivity contribution >= 4 is 39.5 Å². The Bertz CT molecular complexity index is 1170. The highest BCUT2D eigenvalue weighted by Gasteiger charge is 2.25. The number of para-hydroxylation sites is 1. The highest BCUT2D eigenvalue weighted by Crippen LogP contribution is 2.41. The van der Waals surface area contributed by atoms with Gasteiger partial charge in [0.05, 0.1) is 6.04 Å². The van der Waals surface area contributed by atoms with Gasteiger partial charge in [-0.3, -0.25) is 4.79 Å². The summed E-state index contributed by atoms with van der Waals surface area (Å²) in [5, 5.41) is 8.35. The molecule has 1 heterocycles. The van der Waals surface area contributed by atoms with Crippen LogP contribution in [0.5, 0.6) is 0 Å². The predicted octanol–water partition coefficient (Wildman–Crippen LogP) is 7.47. The van der Waals surface area contributed by atoms with Crippen LogP contribution in [0.3, 0.4) is 0 Å². The molecule has 156 valence electrons. The number of halogens is 1. The molecule has 0 aliphatic heterocycles. The van der Waals surface area contributed by atoms with Crippen molar-refractivity contribution in [3.63, 3.8) is 0 Å². The van der Waals surface area contributed by atoms with Crippen LogP contribution in [0.15, 0.2) is 84.9 Å². The Morgan fingerprint density at radius 2 is 1.48 bits per heavy atom. The third kappa shape index (κ3) is 4.82. The maximum absolute atomic E-state index is 12.9. The summed E-state index contributed by atoms with van der Waals surface area (Å²) in [6.45, 7) is 4.19. The van der Waals surface area contributed by atoms with E-state index in [4.69, 9.17) is 11.6 Å². The Balaban J connectivity index is 1.77. The lowest BCUT2D eigenvalue weighted by Crippen LogP contribution is -2.17. The van der Waals surface area contributed by atoms with Gasteiger partial charge < -0.3 is 10.6 Å². The predicted molar refractivity (Wildman–Crippen MR) is 132 cm³/mol. The lowest BCUT2D eigenvalue weighted by Gasteiger charge is -2.23. The molecule has 0 spiro atoms. The molecule has 4 aromatic rings. The number of benzene rings is 3. The van der Waals surface area contributed by atoms with E-state index >= 15 is 0 Å². The molecule has 0 radical (unpaired) electrons. The first-order chi connectivity index (χ1) is 15.0. The highest BCUT2D eigenvalue weighted by atomic mass is 35.5. The maximum atomic E-state index is 12.9. The SMILES string of the molecule is Cc1sc(NC(=O)c2ccccc2)c([C@@H](Nc2ccccc2)c2ccc(Cl)cc2)c1C. The van der Waals surface area contributed by atoms with E-state index in [1.807, 2.05) is 84.9 Å². The summed E-state index contributed by atoms with van der Waals surface area (Å²) in [5.41, 5.74) is 4.95. The largest absolute Gasteiger partial charge is 0.374 e. The molecule has 0 aliphatic carbocycles. The number of carbonyl (C=O) groups is 1. The van der Waals surface area contributed by atoms with Gasteiger partial charge in [-0.1, -0.05) is 60.1 Å². The Hall–Kier alpha value is -3.08. The van der Waals surface area contributed by atoms with Crippen LogP contribution >= 0.6 is 22.9 Å². The molecule has 1 atom stereocenters. The van der Waals surface area contributed by atoms with Crippen LogP contribution in [0, 0.1) is 13.8 Å². The van der Waals surface area contributed by atoms with Crippen LogP contribution in [0.25, 0.3) is 0 Å². The van der Waals surface area contributed by atoms with Gasteiger partial charge in [-0.2, -0.15) is 0 Å². The molecular weight excluding hydrogens is 424 g/mol. The lowest BCUT2D eigenvalue weighted by molar-refractivity contribution is 0.102. The third-order valence-electron chi connectivity index (χ3n) is 5.27.